The van der Waals surface area contributed by atoms with Gasteiger partial charge in [0.2, 0.25) is 5.91 Å². The summed E-state index contributed by atoms with van der Waals surface area (Å²) in [5.41, 5.74) is 0.891. The number of nitrogens with one attached hydrogen (secondary N) is 1. The molecule has 0 aromatic heterocycles. The highest BCUT2D eigenvalue weighted by molar-refractivity contribution is 5.95. The molecule has 0 saturated carbocycles. The molecule has 0 aliphatic carbocycles. The van der Waals surface area contributed by atoms with E-state index in [0.717, 1.165) is 31.6 Å². The lowest BCUT2D eigenvalue weighted by molar-refractivity contribution is -0.123. The molecule has 1 aromatic rings. The van der Waals surface area contributed by atoms with Crippen molar-refractivity contribution in [3.8, 4) is 5.75 Å². The Morgan fingerprint density at radius 3 is 2.41 bits per heavy atom. The van der Waals surface area contributed by atoms with Crippen molar-refractivity contribution >= 4 is 17.5 Å². The molecule has 0 bridgehead atoms. The molecule has 2 aliphatic heterocycles. The highest BCUT2D eigenvalue weighted by Gasteiger charge is 2.21. The molecule has 6 heteroatoms. The van der Waals surface area contributed by atoms with E-state index in [1.54, 1.807) is 4.90 Å². The van der Waals surface area contributed by atoms with Gasteiger partial charge in [-0.1, -0.05) is 12.8 Å². The maximum atomic E-state index is 11.9. The molecule has 0 spiro atoms. The third-order valence-electron chi connectivity index (χ3n) is 5.26. The highest BCUT2D eigenvalue weighted by Crippen LogP contribution is 2.23. The van der Waals surface area contributed by atoms with Crippen LogP contribution in [0.25, 0.3) is 0 Å². The van der Waals surface area contributed by atoms with Crippen molar-refractivity contribution in [2.24, 2.45) is 0 Å². The van der Waals surface area contributed by atoms with Crippen LogP contribution in [0.3, 0.4) is 0 Å². The number of amides is 2. The summed E-state index contributed by atoms with van der Waals surface area (Å²) in [5.74, 6) is 0.720. The fourth-order valence-corrected chi connectivity index (χ4v) is 3.73. The molecule has 1 N–H and O–H groups in total. The lowest BCUT2D eigenvalue weighted by Crippen LogP contribution is -2.33. The largest absolute Gasteiger partial charge is 0.484 e. The van der Waals surface area contributed by atoms with Crippen molar-refractivity contribution < 1.29 is 14.3 Å². The van der Waals surface area contributed by atoms with E-state index in [2.05, 4.69) is 10.2 Å². The molecule has 0 atom stereocenters. The zero-order chi connectivity index (χ0) is 18.9. The zero-order valence-electron chi connectivity index (χ0n) is 16.1. The van der Waals surface area contributed by atoms with Crippen LogP contribution in [0.2, 0.25) is 0 Å². The molecule has 6 nitrogen and oxygen atoms in total. The average molecular weight is 373 g/mol. The van der Waals surface area contributed by atoms with Crippen LogP contribution in [0.5, 0.6) is 5.75 Å². The summed E-state index contributed by atoms with van der Waals surface area (Å²) in [6.45, 7) is 4.92. The van der Waals surface area contributed by atoms with Crippen LogP contribution in [-0.2, 0) is 9.59 Å². The minimum absolute atomic E-state index is 0.0195. The van der Waals surface area contributed by atoms with Crippen LogP contribution in [0.1, 0.15) is 44.9 Å². The van der Waals surface area contributed by atoms with Crippen LogP contribution < -0.4 is 15.0 Å². The van der Waals surface area contributed by atoms with Crippen LogP contribution in [-0.4, -0.2) is 56.0 Å². The summed E-state index contributed by atoms with van der Waals surface area (Å²) in [5, 5.41) is 2.93. The van der Waals surface area contributed by atoms with Gasteiger partial charge < -0.3 is 19.9 Å². The Hall–Kier alpha value is -2.08. The molecule has 27 heavy (non-hydrogen) atoms. The number of likely N-dealkylation sites (tertiary alicyclic amines) is 1. The number of hydrogen-bond donors (Lipinski definition) is 1. The number of carbonyl (C=O) groups is 2. The summed E-state index contributed by atoms with van der Waals surface area (Å²) in [6, 6.07) is 7.37. The number of ether oxygens (including phenoxy) is 1. The Balaban J connectivity index is 1.31. The van der Waals surface area contributed by atoms with E-state index in [1.165, 1.54) is 38.8 Å². The van der Waals surface area contributed by atoms with Crippen LogP contribution in [0, 0.1) is 0 Å². The first-order valence-corrected chi connectivity index (χ1v) is 10.2. The Kier molecular flexibility index (Phi) is 7.51. The topological polar surface area (TPSA) is 61.9 Å². The second kappa shape index (κ2) is 10.3. The number of hydrogen-bond acceptors (Lipinski definition) is 4. The van der Waals surface area contributed by atoms with Gasteiger partial charge in [0.15, 0.2) is 6.61 Å². The molecular weight excluding hydrogens is 342 g/mol. The van der Waals surface area contributed by atoms with E-state index in [9.17, 15) is 9.59 Å². The second-order valence-corrected chi connectivity index (χ2v) is 7.39. The number of nitrogens with zero attached hydrogens (tertiary/aromatic N) is 2. The summed E-state index contributed by atoms with van der Waals surface area (Å²) in [4.78, 5) is 28.0. The second-order valence-electron chi connectivity index (χ2n) is 7.39. The lowest BCUT2D eigenvalue weighted by Gasteiger charge is -2.19. The van der Waals surface area contributed by atoms with Crippen molar-refractivity contribution in [2.75, 3.05) is 44.2 Å². The number of rotatable bonds is 8. The standard InChI is InChI=1S/C21H31N3O3/c25-20(22-12-6-15-23-13-3-1-2-4-14-23)17-27-19-10-8-18(9-11-19)24-16-5-7-21(24)26/h8-11H,1-7,12-17H2,(H,22,25). The Bertz CT molecular complexity index is 610. The molecule has 0 radical (unpaired) electrons. The van der Waals surface area contributed by atoms with Gasteiger partial charge >= 0.3 is 0 Å². The van der Waals surface area contributed by atoms with E-state index in [0.29, 0.717) is 18.7 Å². The average Bonchev–Trinajstić information content (AvgIpc) is 2.95. The minimum atomic E-state index is -0.0929. The first-order chi connectivity index (χ1) is 13.2. The van der Waals surface area contributed by atoms with E-state index < -0.39 is 0 Å². The first kappa shape index (κ1) is 19.7. The molecular formula is C21H31N3O3. The van der Waals surface area contributed by atoms with Gasteiger partial charge in [0.25, 0.3) is 5.91 Å². The zero-order valence-corrected chi connectivity index (χ0v) is 16.1. The summed E-state index contributed by atoms with van der Waals surface area (Å²) in [7, 11) is 0. The van der Waals surface area contributed by atoms with Gasteiger partial charge in [0.1, 0.15) is 5.75 Å². The molecule has 1 aromatic carbocycles. The summed E-state index contributed by atoms with van der Waals surface area (Å²) in [6.07, 6.45) is 7.80. The monoisotopic (exact) mass is 373 g/mol. The number of carbonyl (C=O) groups excluding carboxylic acids is 2. The van der Waals surface area contributed by atoms with Gasteiger partial charge in [-0.2, -0.15) is 0 Å². The SMILES string of the molecule is O=C(COc1ccc(N2CCCC2=O)cc1)NCCCN1CCCCCC1. The molecule has 148 valence electrons. The summed E-state index contributed by atoms with van der Waals surface area (Å²) >= 11 is 0. The van der Waals surface area contributed by atoms with Gasteiger partial charge in [0.05, 0.1) is 0 Å². The van der Waals surface area contributed by atoms with Crippen molar-refractivity contribution in [3.63, 3.8) is 0 Å². The molecule has 2 fully saturated rings. The first-order valence-electron chi connectivity index (χ1n) is 10.2. The Morgan fingerprint density at radius 1 is 1.00 bits per heavy atom. The third-order valence-corrected chi connectivity index (χ3v) is 5.26. The van der Waals surface area contributed by atoms with Crippen LogP contribution in [0.4, 0.5) is 5.69 Å². The normalized spacial score (nSPS) is 18.4. The van der Waals surface area contributed by atoms with Gasteiger partial charge in [-0.25, -0.2) is 0 Å². The van der Waals surface area contributed by atoms with E-state index >= 15 is 0 Å². The van der Waals surface area contributed by atoms with Crippen molar-refractivity contribution in [2.45, 2.75) is 44.9 Å². The van der Waals surface area contributed by atoms with Crippen molar-refractivity contribution in [3.05, 3.63) is 24.3 Å². The summed E-state index contributed by atoms with van der Waals surface area (Å²) < 4.78 is 5.55. The fourth-order valence-electron chi connectivity index (χ4n) is 3.73. The van der Waals surface area contributed by atoms with Crippen molar-refractivity contribution in [1.29, 1.82) is 0 Å². The molecule has 2 heterocycles. The molecule has 2 saturated heterocycles. The third kappa shape index (κ3) is 6.24. The van der Waals surface area contributed by atoms with Crippen LogP contribution >= 0.6 is 0 Å². The van der Waals surface area contributed by atoms with Gasteiger partial charge in [-0.3, -0.25) is 9.59 Å². The van der Waals surface area contributed by atoms with Crippen LogP contribution in [0.15, 0.2) is 24.3 Å². The molecule has 2 amide bonds. The van der Waals surface area contributed by atoms with Gasteiger partial charge in [-0.15, -0.1) is 0 Å². The van der Waals surface area contributed by atoms with Gasteiger partial charge in [-0.05, 0) is 69.6 Å². The molecule has 2 aliphatic rings. The van der Waals surface area contributed by atoms with E-state index in [-0.39, 0.29) is 18.4 Å². The Labute approximate surface area is 161 Å². The fraction of sp³-hybridized carbons (Fsp3) is 0.619. The van der Waals surface area contributed by atoms with Gasteiger partial charge in [0, 0.05) is 25.2 Å². The van der Waals surface area contributed by atoms with Crippen molar-refractivity contribution in [1.82, 2.24) is 10.2 Å². The number of anilines is 1. The predicted octanol–water partition coefficient (Wildman–Crippen LogP) is 2.57. The molecule has 0 unspecified atom stereocenters. The maximum Gasteiger partial charge on any atom is 0.257 e. The highest BCUT2D eigenvalue weighted by atomic mass is 16.5. The number of benzene rings is 1. The minimum Gasteiger partial charge on any atom is -0.484 e. The quantitative estimate of drug-likeness (QED) is 0.712. The predicted molar refractivity (Wildman–Crippen MR) is 106 cm³/mol. The smallest absolute Gasteiger partial charge is 0.257 e. The van der Waals surface area contributed by atoms with E-state index in [1.807, 2.05) is 24.3 Å². The van der Waals surface area contributed by atoms with E-state index in [4.69, 9.17) is 4.74 Å². The Morgan fingerprint density at radius 2 is 1.74 bits per heavy atom. The maximum absolute atomic E-state index is 11.9. The molecule has 3 rings (SSSR count). The lowest BCUT2D eigenvalue weighted by atomic mass is 10.2.